The van der Waals surface area contributed by atoms with Crippen molar-refractivity contribution in [3.05, 3.63) is 63.2 Å². The first-order valence-corrected chi connectivity index (χ1v) is 8.69. The molecule has 9 nitrogen and oxygen atoms in total. The third-order valence-corrected chi connectivity index (χ3v) is 3.80. The largest absolute Gasteiger partial charge is 0.462 e. The van der Waals surface area contributed by atoms with Crippen LogP contribution in [0.4, 0.5) is 30.2 Å². The van der Waals surface area contributed by atoms with E-state index in [1.54, 1.807) is 0 Å². The number of nitrogens with one attached hydrogen (secondary N) is 2. The van der Waals surface area contributed by atoms with Crippen LogP contribution in [0.3, 0.4) is 0 Å². The van der Waals surface area contributed by atoms with Crippen LogP contribution in [-0.2, 0) is 15.7 Å². The van der Waals surface area contributed by atoms with Crippen molar-refractivity contribution in [1.82, 2.24) is 0 Å². The summed E-state index contributed by atoms with van der Waals surface area (Å²) in [6.07, 6.45) is -4.88. The fourth-order valence-electron chi connectivity index (χ4n) is 2.54. The summed E-state index contributed by atoms with van der Waals surface area (Å²) in [6.45, 7) is 2.59. The van der Waals surface area contributed by atoms with Gasteiger partial charge in [0.15, 0.2) is 0 Å². The Bertz CT molecular complexity index is 1050. The van der Waals surface area contributed by atoms with Crippen molar-refractivity contribution in [2.75, 3.05) is 17.2 Å². The zero-order valence-corrected chi connectivity index (χ0v) is 16.2. The van der Waals surface area contributed by atoms with Crippen LogP contribution in [0.5, 0.6) is 0 Å². The summed E-state index contributed by atoms with van der Waals surface area (Å²) >= 11 is 0. The van der Waals surface area contributed by atoms with Crippen molar-refractivity contribution in [3.63, 3.8) is 0 Å². The number of carbonyl (C=O) groups is 3. The molecule has 2 rings (SSSR count). The van der Waals surface area contributed by atoms with Crippen LogP contribution >= 0.6 is 0 Å². The SMILES string of the molecule is CCOC(=O)c1cc(C(=O)Nc2ccc(NC(C)=O)cc2C(F)(F)F)cc([N+](=O)[O-])c1. The molecule has 0 atom stereocenters. The Hall–Kier alpha value is -3.96. The zero-order chi connectivity index (χ0) is 23.3. The normalized spacial score (nSPS) is 10.9. The number of nitrogens with zero attached hydrogens (tertiary/aromatic N) is 1. The van der Waals surface area contributed by atoms with Gasteiger partial charge in [0, 0.05) is 30.3 Å². The molecule has 0 spiro atoms. The van der Waals surface area contributed by atoms with Crippen LogP contribution < -0.4 is 10.6 Å². The van der Waals surface area contributed by atoms with Crippen LogP contribution in [0.1, 0.15) is 40.1 Å². The Kier molecular flexibility index (Phi) is 6.95. The van der Waals surface area contributed by atoms with Gasteiger partial charge in [-0.15, -0.1) is 0 Å². The molecule has 0 saturated heterocycles. The highest BCUT2D eigenvalue weighted by Gasteiger charge is 2.34. The molecule has 0 aliphatic carbocycles. The fraction of sp³-hybridized carbons (Fsp3) is 0.211. The van der Waals surface area contributed by atoms with Crippen LogP contribution in [0.25, 0.3) is 0 Å². The Morgan fingerprint density at radius 3 is 2.26 bits per heavy atom. The van der Waals surface area contributed by atoms with Gasteiger partial charge in [0.1, 0.15) is 0 Å². The minimum Gasteiger partial charge on any atom is -0.462 e. The predicted octanol–water partition coefficient (Wildman–Crippen LogP) is 4.00. The molecule has 0 heterocycles. The Balaban J connectivity index is 2.45. The molecule has 2 N–H and O–H groups in total. The zero-order valence-electron chi connectivity index (χ0n) is 16.2. The number of esters is 1. The molecule has 0 aromatic heterocycles. The lowest BCUT2D eigenvalue weighted by molar-refractivity contribution is -0.384. The van der Waals surface area contributed by atoms with Gasteiger partial charge in [0.25, 0.3) is 11.6 Å². The molecule has 0 aliphatic rings. The third kappa shape index (κ3) is 6.01. The second-order valence-electron chi connectivity index (χ2n) is 6.14. The van der Waals surface area contributed by atoms with E-state index in [0.29, 0.717) is 6.07 Å². The molecule has 0 bridgehead atoms. The highest BCUT2D eigenvalue weighted by atomic mass is 19.4. The number of nitro benzene ring substituents is 1. The minimum absolute atomic E-state index is 0.0291. The predicted molar refractivity (Wildman–Crippen MR) is 103 cm³/mol. The second-order valence-corrected chi connectivity index (χ2v) is 6.14. The van der Waals surface area contributed by atoms with Gasteiger partial charge in [0.05, 0.1) is 28.3 Å². The Morgan fingerprint density at radius 1 is 1.06 bits per heavy atom. The van der Waals surface area contributed by atoms with Gasteiger partial charge in [-0.25, -0.2) is 4.79 Å². The Labute approximate surface area is 173 Å². The molecule has 0 radical (unpaired) electrons. The second kappa shape index (κ2) is 9.24. The van der Waals surface area contributed by atoms with Crippen molar-refractivity contribution in [3.8, 4) is 0 Å². The maximum Gasteiger partial charge on any atom is 0.418 e. The summed E-state index contributed by atoms with van der Waals surface area (Å²) in [6, 6.07) is 5.38. The van der Waals surface area contributed by atoms with Crippen molar-refractivity contribution in [2.45, 2.75) is 20.0 Å². The summed E-state index contributed by atoms with van der Waals surface area (Å²) in [5.41, 5.74) is -3.38. The van der Waals surface area contributed by atoms with Gasteiger partial charge in [-0.1, -0.05) is 0 Å². The lowest BCUT2D eigenvalue weighted by Gasteiger charge is -2.16. The summed E-state index contributed by atoms with van der Waals surface area (Å²) in [5, 5.41) is 15.4. The van der Waals surface area contributed by atoms with Gasteiger partial charge in [-0.05, 0) is 31.2 Å². The van der Waals surface area contributed by atoms with Crippen molar-refractivity contribution >= 4 is 34.8 Å². The number of carbonyl (C=O) groups excluding carboxylic acids is 3. The molecule has 2 aromatic carbocycles. The van der Waals surface area contributed by atoms with Crippen molar-refractivity contribution in [1.29, 1.82) is 0 Å². The topological polar surface area (TPSA) is 128 Å². The average Bonchev–Trinajstić information content (AvgIpc) is 2.67. The van der Waals surface area contributed by atoms with Gasteiger partial charge in [-0.2, -0.15) is 13.2 Å². The molecular weight excluding hydrogens is 423 g/mol. The number of nitro groups is 1. The van der Waals surface area contributed by atoms with E-state index in [2.05, 4.69) is 5.32 Å². The number of benzene rings is 2. The van der Waals surface area contributed by atoms with E-state index in [1.807, 2.05) is 5.32 Å². The number of non-ortho nitro benzene ring substituents is 1. The number of anilines is 2. The number of amides is 2. The lowest BCUT2D eigenvalue weighted by Crippen LogP contribution is -2.18. The molecule has 164 valence electrons. The van der Waals surface area contributed by atoms with E-state index in [0.717, 1.165) is 37.3 Å². The summed E-state index contributed by atoms with van der Waals surface area (Å²) < 4.78 is 45.0. The maximum absolute atomic E-state index is 13.4. The molecule has 0 aliphatic heterocycles. The fourth-order valence-corrected chi connectivity index (χ4v) is 2.54. The highest BCUT2D eigenvalue weighted by Crippen LogP contribution is 2.37. The summed E-state index contributed by atoms with van der Waals surface area (Å²) in [5.74, 6) is -2.64. The third-order valence-electron chi connectivity index (χ3n) is 3.80. The quantitative estimate of drug-likeness (QED) is 0.398. The molecule has 12 heteroatoms. The molecule has 0 saturated carbocycles. The van der Waals surface area contributed by atoms with E-state index in [-0.39, 0.29) is 17.9 Å². The molecule has 31 heavy (non-hydrogen) atoms. The molecular formula is C19H16F3N3O6. The maximum atomic E-state index is 13.4. The Morgan fingerprint density at radius 2 is 1.71 bits per heavy atom. The number of halogens is 3. The van der Waals surface area contributed by atoms with Crippen LogP contribution in [0.2, 0.25) is 0 Å². The average molecular weight is 439 g/mol. The van der Waals surface area contributed by atoms with Gasteiger partial charge < -0.3 is 15.4 Å². The first kappa shape index (κ1) is 23.3. The number of ether oxygens (including phenoxy) is 1. The number of hydrogen-bond acceptors (Lipinski definition) is 6. The van der Waals surface area contributed by atoms with E-state index in [4.69, 9.17) is 4.74 Å². The molecule has 0 unspecified atom stereocenters. The molecule has 2 aromatic rings. The first-order valence-electron chi connectivity index (χ1n) is 8.69. The van der Waals surface area contributed by atoms with Crippen LogP contribution in [0.15, 0.2) is 36.4 Å². The van der Waals surface area contributed by atoms with Gasteiger partial charge in [-0.3, -0.25) is 19.7 Å². The lowest BCUT2D eigenvalue weighted by atomic mass is 10.1. The van der Waals surface area contributed by atoms with E-state index in [1.165, 1.54) is 6.92 Å². The van der Waals surface area contributed by atoms with Crippen LogP contribution in [-0.4, -0.2) is 29.3 Å². The summed E-state index contributed by atoms with van der Waals surface area (Å²) in [7, 11) is 0. The smallest absolute Gasteiger partial charge is 0.418 e. The molecule has 0 fully saturated rings. The van der Waals surface area contributed by atoms with Gasteiger partial charge in [0.2, 0.25) is 5.91 Å². The molecule has 2 amide bonds. The monoisotopic (exact) mass is 439 g/mol. The standard InChI is InChI=1S/C19H16F3N3O6/c1-3-31-18(28)12-6-11(7-14(8-12)25(29)30)17(27)24-16-5-4-13(23-10(2)26)9-15(16)19(20,21)22/h4-9H,3H2,1-2H3,(H,23,26)(H,24,27). The first-order chi connectivity index (χ1) is 14.4. The minimum atomic E-state index is -4.88. The summed E-state index contributed by atoms with van der Waals surface area (Å²) in [4.78, 5) is 45.8. The highest BCUT2D eigenvalue weighted by molar-refractivity contribution is 6.07. The number of alkyl halides is 3. The van der Waals surface area contributed by atoms with E-state index >= 15 is 0 Å². The van der Waals surface area contributed by atoms with Crippen LogP contribution in [0, 0.1) is 10.1 Å². The van der Waals surface area contributed by atoms with Crippen molar-refractivity contribution < 1.29 is 37.2 Å². The number of hydrogen-bond donors (Lipinski definition) is 2. The number of rotatable bonds is 6. The van der Waals surface area contributed by atoms with E-state index < -0.39 is 51.4 Å². The van der Waals surface area contributed by atoms with E-state index in [9.17, 15) is 37.7 Å². The van der Waals surface area contributed by atoms with Gasteiger partial charge >= 0.3 is 12.1 Å². The van der Waals surface area contributed by atoms with Crippen molar-refractivity contribution in [2.24, 2.45) is 0 Å².